The molecule has 0 bridgehead atoms. The van der Waals surface area contributed by atoms with Gasteiger partial charge in [-0.3, -0.25) is 9.78 Å². The number of pyridine rings is 1. The van der Waals surface area contributed by atoms with E-state index in [9.17, 15) is 4.79 Å². The van der Waals surface area contributed by atoms with Crippen molar-refractivity contribution in [1.82, 2.24) is 20.9 Å². The Bertz CT molecular complexity index is 497. The minimum absolute atomic E-state index is 0.0281. The molecule has 1 aromatic heterocycles. The van der Waals surface area contributed by atoms with E-state index in [0.717, 1.165) is 25.1 Å². The van der Waals surface area contributed by atoms with Gasteiger partial charge in [0.1, 0.15) is 0 Å². The second kappa shape index (κ2) is 9.82. The molecule has 2 rings (SSSR count). The SMILES string of the molecule is CCNC(=NCc1ccccn1)NCC(=O)NC1CCCCC1. The third-order valence-corrected chi connectivity index (χ3v) is 3.86. The van der Waals surface area contributed by atoms with Gasteiger partial charge in [-0.1, -0.05) is 25.3 Å². The van der Waals surface area contributed by atoms with Crippen LogP contribution in [0.15, 0.2) is 29.4 Å². The molecule has 1 saturated carbocycles. The van der Waals surface area contributed by atoms with Crippen LogP contribution in [-0.4, -0.2) is 36.0 Å². The number of rotatable bonds is 6. The predicted molar refractivity (Wildman–Crippen MR) is 92.1 cm³/mol. The summed E-state index contributed by atoms with van der Waals surface area (Å²) in [5, 5.41) is 9.32. The van der Waals surface area contributed by atoms with Crippen molar-refractivity contribution in [3.8, 4) is 0 Å². The molecule has 6 heteroatoms. The molecule has 0 saturated heterocycles. The second-order valence-corrected chi connectivity index (χ2v) is 5.77. The van der Waals surface area contributed by atoms with Crippen molar-refractivity contribution < 1.29 is 4.79 Å². The van der Waals surface area contributed by atoms with E-state index in [0.29, 0.717) is 18.5 Å². The van der Waals surface area contributed by atoms with Crippen molar-refractivity contribution in [2.75, 3.05) is 13.1 Å². The molecule has 1 heterocycles. The van der Waals surface area contributed by atoms with Gasteiger partial charge in [-0.15, -0.1) is 0 Å². The maximum Gasteiger partial charge on any atom is 0.239 e. The lowest BCUT2D eigenvalue weighted by Crippen LogP contribution is -2.46. The van der Waals surface area contributed by atoms with Crippen LogP contribution in [0.3, 0.4) is 0 Å². The molecule has 0 spiro atoms. The fraction of sp³-hybridized carbons (Fsp3) is 0.588. The van der Waals surface area contributed by atoms with Gasteiger partial charge in [0.2, 0.25) is 5.91 Å². The summed E-state index contributed by atoms with van der Waals surface area (Å²) in [4.78, 5) is 20.7. The maximum atomic E-state index is 12.0. The maximum absolute atomic E-state index is 12.0. The monoisotopic (exact) mass is 317 g/mol. The third-order valence-electron chi connectivity index (χ3n) is 3.86. The second-order valence-electron chi connectivity index (χ2n) is 5.77. The van der Waals surface area contributed by atoms with Crippen LogP contribution in [0.5, 0.6) is 0 Å². The van der Waals surface area contributed by atoms with Crippen LogP contribution in [0, 0.1) is 0 Å². The molecule has 0 radical (unpaired) electrons. The summed E-state index contributed by atoms with van der Waals surface area (Å²) in [6.45, 7) is 3.48. The molecule has 6 nitrogen and oxygen atoms in total. The number of hydrogen-bond acceptors (Lipinski definition) is 3. The Balaban J connectivity index is 1.77. The standard InChI is InChI=1S/C17H27N5O/c1-2-18-17(20-12-15-10-6-7-11-19-15)21-13-16(23)22-14-8-4-3-5-9-14/h6-7,10-11,14H,2-5,8-9,12-13H2,1H3,(H,22,23)(H2,18,20,21). The molecule has 23 heavy (non-hydrogen) atoms. The highest BCUT2D eigenvalue weighted by molar-refractivity contribution is 5.86. The molecule has 0 aromatic carbocycles. The van der Waals surface area contributed by atoms with Crippen LogP contribution in [0.25, 0.3) is 0 Å². The van der Waals surface area contributed by atoms with Gasteiger partial charge in [-0.05, 0) is 31.9 Å². The number of carbonyl (C=O) groups is 1. The van der Waals surface area contributed by atoms with Crippen LogP contribution in [0.4, 0.5) is 0 Å². The minimum Gasteiger partial charge on any atom is -0.357 e. The first-order chi connectivity index (χ1) is 11.3. The zero-order valence-electron chi connectivity index (χ0n) is 13.8. The lowest BCUT2D eigenvalue weighted by atomic mass is 9.95. The number of guanidine groups is 1. The molecule has 0 unspecified atom stereocenters. The smallest absolute Gasteiger partial charge is 0.239 e. The number of nitrogens with one attached hydrogen (secondary N) is 3. The van der Waals surface area contributed by atoms with Crippen LogP contribution in [0.2, 0.25) is 0 Å². The molecule has 1 amide bonds. The molecule has 1 aliphatic rings. The summed E-state index contributed by atoms with van der Waals surface area (Å²) in [6, 6.07) is 6.09. The summed E-state index contributed by atoms with van der Waals surface area (Å²) in [7, 11) is 0. The van der Waals surface area contributed by atoms with Crippen LogP contribution in [0.1, 0.15) is 44.7 Å². The fourth-order valence-corrected chi connectivity index (χ4v) is 2.68. The van der Waals surface area contributed by atoms with Gasteiger partial charge in [-0.2, -0.15) is 0 Å². The van der Waals surface area contributed by atoms with Crippen molar-refractivity contribution >= 4 is 11.9 Å². The van der Waals surface area contributed by atoms with Crippen LogP contribution in [-0.2, 0) is 11.3 Å². The third kappa shape index (κ3) is 6.67. The Kier molecular flexibility index (Phi) is 7.36. The number of aliphatic imine (C=N–C) groups is 1. The summed E-state index contributed by atoms with van der Waals surface area (Å²) >= 11 is 0. The van der Waals surface area contributed by atoms with E-state index >= 15 is 0 Å². The molecule has 1 fully saturated rings. The van der Waals surface area contributed by atoms with E-state index < -0.39 is 0 Å². The largest absolute Gasteiger partial charge is 0.357 e. The molecule has 1 aliphatic carbocycles. The summed E-state index contributed by atoms with van der Waals surface area (Å²) in [6.07, 6.45) is 7.66. The van der Waals surface area contributed by atoms with Gasteiger partial charge in [0.05, 0.1) is 18.8 Å². The first kappa shape index (κ1) is 17.2. The van der Waals surface area contributed by atoms with Crippen LogP contribution >= 0.6 is 0 Å². The van der Waals surface area contributed by atoms with Crippen molar-refractivity contribution in [2.24, 2.45) is 4.99 Å². The molecule has 3 N–H and O–H groups in total. The van der Waals surface area contributed by atoms with E-state index in [-0.39, 0.29) is 12.5 Å². The lowest BCUT2D eigenvalue weighted by molar-refractivity contribution is -0.120. The van der Waals surface area contributed by atoms with Gasteiger partial charge in [0, 0.05) is 18.8 Å². The average Bonchev–Trinajstić information content (AvgIpc) is 2.59. The zero-order chi connectivity index (χ0) is 16.3. The topological polar surface area (TPSA) is 78.4 Å². The van der Waals surface area contributed by atoms with Crippen molar-refractivity contribution in [2.45, 2.75) is 51.6 Å². The van der Waals surface area contributed by atoms with Gasteiger partial charge in [0.15, 0.2) is 5.96 Å². The van der Waals surface area contributed by atoms with E-state index in [1.807, 2.05) is 25.1 Å². The Morgan fingerprint density at radius 1 is 1.26 bits per heavy atom. The van der Waals surface area contributed by atoms with Gasteiger partial charge in [0.25, 0.3) is 0 Å². The Morgan fingerprint density at radius 3 is 2.78 bits per heavy atom. The van der Waals surface area contributed by atoms with Crippen LogP contribution < -0.4 is 16.0 Å². The summed E-state index contributed by atoms with van der Waals surface area (Å²) < 4.78 is 0. The Labute approximate surface area is 138 Å². The molecular weight excluding hydrogens is 290 g/mol. The first-order valence-corrected chi connectivity index (χ1v) is 8.49. The van der Waals surface area contributed by atoms with Gasteiger partial charge < -0.3 is 16.0 Å². The number of amides is 1. The Hall–Kier alpha value is -2.11. The lowest BCUT2D eigenvalue weighted by Gasteiger charge is -2.23. The average molecular weight is 317 g/mol. The van der Waals surface area contributed by atoms with E-state index in [4.69, 9.17) is 0 Å². The highest BCUT2D eigenvalue weighted by atomic mass is 16.2. The number of nitrogens with zero attached hydrogens (tertiary/aromatic N) is 2. The molecule has 0 aliphatic heterocycles. The number of aromatic nitrogens is 1. The normalized spacial score (nSPS) is 16.0. The first-order valence-electron chi connectivity index (χ1n) is 8.49. The minimum atomic E-state index is 0.0281. The van der Waals surface area contributed by atoms with Crippen molar-refractivity contribution in [1.29, 1.82) is 0 Å². The molecule has 0 atom stereocenters. The molecular formula is C17H27N5O. The van der Waals surface area contributed by atoms with E-state index in [2.05, 4.69) is 25.9 Å². The molecule has 126 valence electrons. The highest BCUT2D eigenvalue weighted by Gasteiger charge is 2.15. The van der Waals surface area contributed by atoms with Gasteiger partial charge in [-0.25, -0.2) is 4.99 Å². The Morgan fingerprint density at radius 2 is 2.09 bits per heavy atom. The van der Waals surface area contributed by atoms with Crippen molar-refractivity contribution in [3.05, 3.63) is 30.1 Å². The summed E-state index contributed by atoms with van der Waals surface area (Å²) in [5.41, 5.74) is 0.899. The highest BCUT2D eigenvalue weighted by Crippen LogP contribution is 2.17. The van der Waals surface area contributed by atoms with Crippen molar-refractivity contribution in [3.63, 3.8) is 0 Å². The predicted octanol–water partition coefficient (Wildman–Crippen LogP) is 1.59. The van der Waals surface area contributed by atoms with Gasteiger partial charge >= 0.3 is 0 Å². The number of hydrogen-bond donors (Lipinski definition) is 3. The summed E-state index contributed by atoms with van der Waals surface area (Å²) in [5.74, 6) is 0.664. The van der Waals surface area contributed by atoms with E-state index in [1.54, 1.807) is 6.20 Å². The fourth-order valence-electron chi connectivity index (χ4n) is 2.68. The van der Waals surface area contributed by atoms with E-state index in [1.165, 1.54) is 19.3 Å². The number of carbonyl (C=O) groups excluding carboxylic acids is 1. The zero-order valence-corrected chi connectivity index (χ0v) is 13.8. The quantitative estimate of drug-likeness (QED) is 0.550. The molecule has 1 aromatic rings.